The molecule has 1 aliphatic heterocycles. The fraction of sp³-hybridized carbons (Fsp3) is 0.333. The second-order valence-corrected chi connectivity index (χ2v) is 3.68. The molecule has 0 unspecified atom stereocenters. The number of carbonyl (C=O) groups excluding carboxylic acids is 2. The Balaban J connectivity index is 2.00. The van der Waals surface area contributed by atoms with Crippen LogP contribution in [-0.2, 0) is 4.79 Å². The van der Waals surface area contributed by atoms with Crippen molar-refractivity contribution in [2.75, 3.05) is 6.54 Å². The zero-order valence-corrected chi connectivity index (χ0v) is 8.89. The van der Waals surface area contributed by atoms with E-state index in [0.29, 0.717) is 18.7 Å². The fourth-order valence-corrected chi connectivity index (χ4v) is 1.64. The van der Waals surface area contributed by atoms with Gasteiger partial charge < -0.3 is 4.74 Å². The lowest BCUT2D eigenvalue weighted by atomic mass is 10.1. The normalized spacial score (nSPS) is 16.0. The number of nitrogens with zero attached hydrogens (tertiary/aromatic N) is 1. The minimum absolute atomic E-state index is 0.146. The van der Waals surface area contributed by atoms with Crippen LogP contribution in [0.4, 0.5) is 4.79 Å². The lowest BCUT2D eigenvalue weighted by Crippen LogP contribution is -2.41. The number of para-hydroxylation sites is 1. The molecule has 1 fully saturated rings. The van der Waals surface area contributed by atoms with Crippen LogP contribution >= 0.6 is 0 Å². The van der Waals surface area contributed by atoms with Crippen LogP contribution in [0, 0.1) is 0 Å². The number of piperidine rings is 1. The molecule has 1 aliphatic rings. The van der Waals surface area contributed by atoms with Crippen molar-refractivity contribution in [3.63, 3.8) is 0 Å². The van der Waals surface area contributed by atoms with Crippen LogP contribution in [0.2, 0.25) is 0 Å². The van der Waals surface area contributed by atoms with Gasteiger partial charge in [0.2, 0.25) is 5.91 Å². The van der Waals surface area contributed by atoms with Crippen LogP contribution in [-0.4, -0.2) is 23.4 Å². The molecule has 0 bridgehead atoms. The first-order valence-corrected chi connectivity index (χ1v) is 5.34. The molecule has 0 atom stereocenters. The predicted molar refractivity (Wildman–Crippen MR) is 58.0 cm³/mol. The van der Waals surface area contributed by atoms with E-state index in [1.54, 1.807) is 24.3 Å². The Morgan fingerprint density at radius 1 is 1.19 bits per heavy atom. The number of carbonyl (C=O) groups is 2. The lowest BCUT2D eigenvalue weighted by molar-refractivity contribution is -0.130. The van der Waals surface area contributed by atoms with Crippen molar-refractivity contribution in [3.8, 4) is 5.75 Å². The van der Waals surface area contributed by atoms with E-state index in [1.165, 1.54) is 4.90 Å². The number of hydrogen-bond acceptors (Lipinski definition) is 3. The van der Waals surface area contributed by atoms with Gasteiger partial charge in [-0.3, -0.25) is 4.79 Å². The summed E-state index contributed by atoms with van der Waals surface area (Å²) in [6.07, 6.45) is 1.57. The van der Waals surface area contributed by atoms with Crippen molar-refractivity contribution in [2.45, 2.75) is 19.3 Å². The highest BCUT2D eigenvalue weighted by Crippen LogP contribution is 2.14. The molecule has 0 radical (unpaired) electrons. The van der Waals surface area contributed by atoms with Crippen LogP contribution in [0.25, 0.3) is 0 Å². The van der Waals surface area contributed by atoms with Gasteiger partial charge in [0.15, 0.2) is 0 Å². The smallest absolute Gasteiger partial charge is 0.410 e. The Morgan fingerprint density at radius 2 is 1.94 bits per heavy atom. The molecule has 0 spiro atoms. The molecular formula is C12H13NO3. The van der Waals surface area contributed by atoms with Crippen molar-refractivity contribution < 1.29 is 14.3 Å². The first-order valence-electron chi connectivity index (χ1n) is 5.34. The van der Waals surface area contributed by atoms with E-state index in [0.717, 1.165) is 12.8 Å². The summed E-state index contributed by atoms with van der Waals surface area (Å²) in [4.78, 5) is 24.3. The molecule has 16 heavy (non-hydrogen) atoms. The number of benzene rings is 1. The average Bonchev–Trinajstić information content (AvgIpc) is 2.31. The highest BCUT2D eigenvalue weighted by Gasteiger charge is 2.25. The van der Waals surface area contributed by atoms with Crippen molar-refractivity contribution >= 4 is 12.0 Å². The molecule has 1 aromatic carbocycles. The van der Waals surface area contributed by atoms with Crippen molar-refractivity contribution in [1.82, 2.24) is 4.90 Å². The molecule has 4 heteroatoms. The Bertz CT molecular complexity index is 389. The van der Waals surface area contributed by atoms with E-state index >= 15 is 0 Å². The van der Waals surface area contributed by atoms with Crippen molar-refractivity contribution in [3.05, 3.63) is 30.3 Å². The van der Waals surface area contributed by atoms with Crippen LogP contribution in [0.15, 0.2) is 30.3 Å². The molecule has 0 aliphatic carbocycles. The van der Waals surface area contributed by atoms with Gasteiger partial charge in [0.25, 0.3) is 0 Å². The van der Waals surface area contributed by atoms with Gasteiger partial charge in [-0.25, -0.2) is 9.69 Å². The van der Waals surface area contributed by atoms with Crippen LogP contribution in [0.5, 0.6) is 5.75 Å². The average molecular weight is 219 g/mol. The molecule has 84 valence electrons. The predicted octanol–water partition coefficient (Wildman–Crippen LogP) is 2.20. The summed E-state index contributed by atoms with van der Waals surface area (Å²) >= 11 is 0. The van der Waals surface area contributed by atoms with E-state index in [-0.39, 0.29) is 5.91 Å². The van der Waals surface area contributed by atoms with Crippen LogP contribution in [0.3, 0.4) is 0 Å². The highest BCUT2D eigenvalue weighted by molar-refractivity contribution is 5.93. The van der Waals surface area contributed by atoms with Gasteiger partial charge in [0, 0.05) is 13.0 Å². The molecule has 1 saturated heterocycles. The fourth-order valence-electron chi connectivity index (χ4n) is 1.64. The standard InChI is InChI=1S/C12H13NO3/c14-11-8-4-5-9-13(11)12(15)16-10-6-2-1-3-7-10/h1-3,6-7H,4-5,8-9H2. The molecule has 1 heterocycles. The topological polar surface area (TPSA) is 46.6 Å². The molecule has 2 rings (SSSR count). The Labute approximate surface area is 93.8 Å². The van der Waals surface area contributed by atoms with Gasteiger partial charge in [-0.05, 0) is 25.0 Å². The first kappa shape index (κ1) is 10.7. The molecular weight excluding hydrogens is 206 g/mol. The minimum Gasteiger partial charge on any atom is -0.410 e. The third kappa shape index (κ3) is 2.39. The van der Waals surface area contributed by atoms with Gasteiger partial charge in [0.05, 0.1) is 0 Å². The van der Waals surface area contributed by atoms with E-state index in [1.807, 2.05) is 6.07 Å². The number of hydrogen-bond donors (Lipinski definition) is 0. The van der Waals surface area contributed by atoms with Crippen molar-refractivity contribution in [2.24, 2.45) is 0 Å². The van der Waals surface area contributed by atoms with E-state index in [4.69, 9.17) is 4.74 Å². The second kappa shape index (κ2) is 4.79. The highest BCUT2D eigenvalue weighted by atomic mass is 16.6. The Kier molecular flexibility index (Phi) is 3.19. The summed E-state index contributed by atoms with van der Waals surface area (Å²) in [6.45, 7) is 0.463. The zero-order chi connectivity index (χ0) is 11.4. The third-order valence-electron chi connectivity index (χ3n) is 2.49. The largest absolute Gasteiger partial charge is 0.421 e. The summed E-state index contributed by atoms with van der Waals surface area (Å²) in [7, 11) is 0. The van der Waals surface area contributed by atoms with Gasteiger partial charge in [-0.15, -0.1) is 0 Å². The second-order valence-electron chi connectivity index (χ2n) is 3.68. The van der Waals surface area contributed by atoms with Gasteiger partial charge in [-0.2, -0.15) is 0 Å². The number of likely N-dealkylation sites (tertiary alicyclic amines) is 1. The molecule has 0 saturated carbocycles. The number of rotatable bonds is 1. The lowest BCUT2D eigenvalue weighted by Gasteiger charge is -2.23. The minimum atomic E-state index is -0.573. The maximum absolute atomic E-state index is 11.7. The quantitative estimate of drug-likeness (QED) is 0.727. The van der Waals surface area contributed by atoms with E-state index in [9.17, 15) is 9.59 Å². The van der Waals surface area contributed by atoms with Gasteiger partial charge in [-0.1, -0.05) is 18.2 Å². The van der Waals surface area contributed by atoms with Crippen LogP contribution in [0.1, 0.15) is 19.3 Å². The summed E-state index contributed by atoms with van der Waals surface area (Å²) in [6, 6.07) is 8.77. The third-order valence-corrected chi connectivity index (χ3v) is 2.49. The van der Waals surface area contributed by atoms with E-state index in [2.05, 4.69) is 0 Å². The van der Waals surface area contributed by atoms with Crippen LogP contribution < -0.4 is 4.74 Å². The molecule has 2 amide bonds. The van der Waals surface area contributed by atoms with E-state index < -0.39 is 6.09 Å². The summed E-state index contributed by atoms with van der Waals surface area (Å²) < 4.78 is 5.09. The SMILES string of the molecule is O=C1CCCCN1C(=O)Oc1ccccc1. The Hall–Kier alpha value is -1.84. The molecule has 1 aromatic rings. The number of ether oxygens (including phenoxy) is 1. The first-order chi connectivity index (χ1) is 7.77. The van der Waals surface area contributed by atoms with Gasteiger partial charge in [0.1, 0.15) is 5.75 Å². The summed E-state index contributed by atoms with van der Waals surface area (Å²) in [5, 5.41) is 0. The van der Waals surface area contributed by atoms with Crippen molar-refractivity contribution in [1.29, 1.82) is 0 Å². The number of amides is 2. The molecule has 4 nitrogen and oxygen atoms in total. The monoisotopic (exact) mass is 219 g/mol. The summed E-state index contributed by atoms with van der Waals surface area (Å²) in [5.74, 6) is 0.318. The summed E-state index contributed by atoms with van der Waals surface area (Å²) in [5.41, 5.74) is 0. The molecule has 0 N–H and O–H groups in total. The zero-order valence-electron chi connectivity index (χ0n) is 8.89. The Morgan fingerprint density at radius 3 is 2.62 bits per heavy atom. The maximum atomic E-state index is 11.7. The van der Waals surface area contributed by atoms with Gasteiger partial charge >= 0.3 is 6.09 Å². The number of imide groups is 1. The molecule has 0 aromatic heterocycles. The maximum Gasteiger partial charge on any atom is 0.421 e.